The average Bonchev–Trinajstić information content (AvgIpc) is 2.94. The van der Waals surface area contributed by atoms with Gasteiger partial charge in [-0.25, -0.2) is 9.07 Å². The van der Waals surface area contributed by atoms with Crippen LogP contribution in [0.25, 0.3) is 0 Å². The van der Waals surface area contributed by atoms with Gasteiger partial charge >= 0.3 is 0 Å². The van der Waals surface area contributed by atoms with Crippen LogP contribution in [0.2, 0.25) is 0 Å². The fourth-order valence-electron chi connectivity index (χ4n) is 1.81. The Balaban J connectivity index is 1.87. The molecule has 0 aliphatic carbocycles. The van der Waals surface area contributed by atoms with Crippen LogP contribution in [0.5, 0.6) is 0 Å². The lowest BCUT2D eigenvalue weighted by Crippen LogP contribution is -2.27. The minimum Gasteiger partial charge on any atom is -0.350 e. The van der Waals surface area contributed by atoms with Crippen molar-refractivity contribution in [3.63, 3.8) is 0 Å². The topological polar surface area (TPSA) is 85.8 Å². The molecule has 2 aromatic rings. The van der Waals surface area contributed by atoms with E-state index in [9.17, 15) is 9.18 Å². The largest absolute Gasteiger partial charge is 0.350 e. The van der Waals surface area contributed by atoms with Gasteiger partial charge in [-0.05, 0) is 12.5 Å². The first-order valence-electron chi connectivity index (χ1n) is 6.76. The number of carbonyl (C=O) groups is 1. The highest BCUT2D eigenvalue weighted by atomic mass is 19.1. The van der Waals surface area contributed by atoms with Crippen molar-refractivity contribution in [2.75, 3.05) is 0 Å². The predicted molar refractivity (Wildman–Crippen MR) is 75.5 cm³/mol. The van der Waals surface area contributed by atoms with Crippen molar-refractivity contribution >= 4 is 5.91 Å². The molecule has 0 spiro atoms. The first-order chi connectivity index (χ1) is 10.1. The van der Waals surface area contributed by atoms with Crippen molar-refractivity contribution in [3.8, 4) is 0 Å². The van der Waals surface area contributed by atoms with Gasteiger partial charge in [-0.2, -0.15) is 0 Å². The molecule has 112 valence electrons. The first-order valence-corrected chi connectivity index (χ1v) is 6.76. The van der Waals surface area contributed by atoms with Crippen molar-refractivity contribution < 1.29 is 9.18 Å². The van der Waals surface area contributed by atoms with E-state index in [0.29, 0.717) is 11.3 Å². The van der Waals surface area contributed by atoms with E-state index in [1.165, 1.54) is 10.7 Å². The smallest absolute Gasteiger partial charge is 0.242 e. The summed E-state index contributed by atoms with van der Waals surface area (Å²) in [5, 5.41) is 10.4. The Kier molecular flexibility index (Phi) is 4.99. The van der Waals surface area contributed by atoms with Gasteiger partial charge in [-0.3, -0.25) is 4.79 Å². The zero-order chi connectivity index (χ0) is 15.2. The van der Waals surface area contributed by atoms with Crippen LogP contribution in [0.4, 0.5) is 4.39 Å². The number of nitrogens with zero attached hydrogens (tertiary/aromatic N) is 3. The van der Waals surface area contributed by atoms with Gasteiger partial charge < -0.3 is 11.1 Å². The second kappa shape index (κ2) is 6.94. The normalized spacial score (nSPS) is 12.1. The maximum atomic E-state index is 13.4. The van der Waals surface area contributed by atoms with Crippen LogP contribution in [-0.4, -0.2) is 20.9 Å². The minimum atomic E-state index is -0.338. The van der Waals surface area contributed by atoms with Gasteiger partial charge in [-0.15, -0.1) is 5.10 Å². The molecule has 0 saturated carbocycles. The molecule has 0 aliphatic heterocycles. The molecular formula is C14H18FN5O. The van der Waals surface area contributed by atoms with Crippen LogP contribution < -0.4 is 11.1 Å². The highest BCUT2D eigenvalue weighted by Crippen LogP contribution is 2.09. The third-order valence-electron chi connectivity index (χ3n) is 3.12. The maximum absolute atomic E-state index is 13.4. The first kappa shape index (κ1) is 15.1. The lowest BCUT2D eigenvalue weighted by molar-refractivity contribution is -0.122. The quantitative estimate of drug-likeness (QED) is 0.835. The van der Waals surface area contributed by atoms with E-state index in [4.69, 9.17) is 5.73 Å². The van der Waals surface area contributed by atoms with Crippen molar-refractivity contribution in [3.05, 3.63) is 47.5 Å². The van der Waals surface area contributed by atoms with Crippen molar-refractivity contribution in [2.45, 2.75) is 32.5 Å². The fraction of sp³-hybridized carbons (Fsp3) is 0.357. The summed E-state index contributed by atoms with van der Waals surface area (Å²) in [6, 6.07) is 6.13. The van der Waals surface area contributed by atoms with Crippen LogP contribution in [0.15, 0.2) is 30.5 Å². The molecule has 7 heteroatoms. The van der Waals surface area contributed by atoms with Gasteiger partial charge in [0, 0.05) is 12.1 Å². The van der Waals surface area contributed by atoms with Crippen molar-refractivity contribution in [2.24, 2.45) is 5.73 Å². The highest BCUT2D eigenvalue weighted by molar-refractivity contribution is 5.75. The van der Waals surface area contributed by atoms with E-state index in [2.05, 4.69) is 15.6 Å². The number of rotatable bonds is 6. The highest BCUT2D eigenvalue weighted by Gasteiger charge is 2.10. The third-order valence-corrected chi connectivity index (χ3v) is 3.12. The minimum absolute atomic E-state index is 0.0257. The standard InChI is InChI=1S/C14H18FN5O/c1-2-12(16)13-8-20(19-18-13)9-14(21)17-7-10-5-3-4-6-11(10)15/h3-6,8,12H,2,7,9,16H2,1H3,(H,17,21). The monoisotopic (exact) mass is 291 g/mol. The number of benzene rings is 1. The molecule has 1 aromatic carbocycles. The van der Waals surface area contributed by atoms with Gasteiger partial charge in [0.2, 0.25) is 5.91 Å². The van der Waals surface area contributed by atoms with E-state index in [1.807, 2.05) is 6.92 Å². The van der Waals surface area contributed by atoms with Gasteiger partial charge in [-0.1, -0.05) is 30.3 Å². The number of amides is 1. The number of nitrogens with one attached hydrogen (secondary N) is 1. The predicted octanol–water partition coefficient (Wildman–Crippen LogP) is 1.14. The molecule has 1 aromatic heterocycles. The van der Waals surface area contributed by atoms with E-state index >= 15 is 0 Å². The van der Waals surface area contributed by atoms with Crippen LogP contribution in [0, 0.1) is 5.82 Å². The molecule has 1 atom stereocenters. The summed E-state index contributed by atoms with van der Waals surface area (Å²) in [4.78, 5) is 11.8. The Morgan fingerprint density at radius 3 is 2.95 bits per heavy atom. The van der Waals surface area contributed by atoms with Gasteiger partial charge in [0.1, 0.15) is 12.4 Å². The Hall–Kier alpha value is -2.28. The SMILES string of the molecule is CCC(N)c1cn(CC(=O)NCc2ccccc2F)nn1. The zero-order valence-corrected chi connectivity index (χ0v) is 11.8. The third kappa shape index (κ3) is 4.09. The Labute approximate surface area is 122 Å². The van der Waals surface area contributed by atoms with Gasteiger partial charge in [0.05, 0.1) is 17.9 Å². The van der Waals surface area contributed by atoms with Crippen LogP contribution >= 0.6 is 0 Å². The number of aromatic nitrogens is 3. The average molecular weight is 291 g/mol. The molecule has 3 N–H and O–H groups in total. The summed E-state index contributed by atoms with van der Waals surface area (Å²) in [5.74, 6) is -0.602. The summed E-state index contributed by atoms with van der Waals surface area (Å²) in [6.45, 7) is 2.12. The fourth-order valence-corrected chi connectivity index (χ4v) is 1.81. The molecular weight excluding hydrogens is 273 g/mol. The van der Waals surface area contributed by atoms with Crippen molar-refractivity contribution in [1.82, 2.24) is 20.3 Å². The molecule has 1 unspecified atom stereocenters. The van der Waals surface area contributed by atoms with E-state index in [-0.39, 0.29) is 30.9 Å². The van der Waals surface area contributed by atoms with E-state index in [0.717, 1.165) is 6.42 Å². The number of nitrogens with two attached hydrogens (primary N) is 1. The lowest BCUT2D eigenvalue weighted by atomic mass is 10.2. The van der Waals surface area contributed by atoms with Crippen LogP contribution in [0.3, 0.4) is 0 Å². The number of hydrogen-bond donors (Lipinski definition) is 2. The van der Waals surface area contributed by atoms with Crippen LogP contribution in [0.1, 0.15) is 30.6 Å². The molecule has 1 heterocycles. The van der Waals surface area contributed by atoms with Gasteiger partial charge in [0.25, 0.3) is 0 Å². The number of halogens is 1. The molecule has 2 rings (SSSR count). The summed E-state index contributed by atoms with van der Waals surface area (Å²) >= 11 is 0. The van der Waals surface area contributed by atoms with E-state index in [1.54, 1.807) is 24.4 Å². The Morgan fingerprint density at radius 2 is 2.24 bits per heavy atom. The van der Waals surface area contributed by atoms with Crippen LogP contribution in [-0.2, 0) is 17.9 Å². The summed E-state index contributed by atoms with van der Waals surface area (Å²) in [5.41, 5.74) is 6.93. The van der Waals surface area contributed by atoms with E-state index < -0.39 is 0 Å². The molecule has 0 bridgehead atoms. The Morgan fingerprint density at radius 1 is 1.48 bits per heavy atom. The summed E-state index contributed by atoms with van der Waals surface area (Å²) in [6.07, 6.45) is 2.40. The van der Waals surface area contributed by atoms with Gasteiger partial charge in [0.15, 0.2) is 0 Å². The molecule has 6 nitrogen and oxygen atoms in total. The second-order valence-electron chi connectivity index (χ2n) is 4.72. The molecule has 0 aliphatic rings. The van der Waals surface area contributed by atoms with Crippen molar-refractivity contribution in [1.29, 1.82) is 0 Å². The maximum Gasteiger partial charge on any atom is 0.242 e. The Bertz CT molecular complexity index is 613. The summed E-state index contributed by atoms with van der Waals surface area (Å²) < 4.78 is 14.8. The molecule has 0 saturated heterocycles. The zero-order valence-electron chi connectivity index (χ0n) is 11.8. The molecule has 21 heavy (non-hydrogen) atoms. The number of hydrogen-bond acceptors (Lipinski definition) is 4. The molecule has 0 radical (unpaired) electrons. The molecule has 0 fully saturated rings. The second-order valence-corrected chi connectivity index (χ2v) is 4.72. The molecule has 1 amide bonds. The lowest BCUT2D eigenvalue weighted by Gasteiger charge is -2.06. The summed E-state index contributed by atoms with van der Waals surface area (Å²) in [7, 11) is 0. The number of carbonyl (C=O) groups excluding carboxylic acids is 1.